The maximum absolute atomic E-state index is 9.25. The van der Waals surface area contributed by atoms with Gasteiger partial charge in [-0.3, -0.25) is 0 Å². The van der Waals surface area contributed by atoms with E-state index in [0.29, 0.717) is 17.3 Å². The second-order valence-corrected chi connectivity index (χ2v) is 5.21. The minimum absolute atomic E-state index is 0.0589. The number of aryl methyl sites for hydroxylation is 1. The number of aliphatic hydroxyl groups excluding tert-OH is 1. The molecular weight excluding hydrogens is 290 g/mol. The highest BCUT2D eigenvalue weighted by atomic mass is 35.5. The van der Waals surface area contributed by atoms with E-state index in [4.69, 9.17) is 16.3 Å². The van der Waals surface area contributed by atoms with Crippen molar-refractivity contribution in [2.45, 2.75) is 39.3 Å². The van der Waals surface area contributed by atoms with E-state index in [1.165, 1.54) is 0 Å². The molecule has 2 rings (SSSR count). The topological polar surface area (TPSA) is 60.2 Å². The van der Waals surface area contributed by atoms with E-state index in [-0.39, 0.29) is 6.61 Å². The van der Waals surface area contributed by atoms with Crippen LogP contribution in [0.4, 0.5) is 0 Å². The zero-order valence-electron chi connectivity index (χ0n) is 12.1. The van der Waals surface area contributed by atoms with Gasteiger partial charge in [0.25, 0.3) is 0 Å². The van der Waals surface area contributed by atoms with E-state index in [0.717, 1.165) is 37.3 Å². The molecule has 1 aromatic carbocycles. The Morgan fingerprint density at radius 2 is 2.05 bits per heavy atom. The van der Waals surface area contributed by atoms with E-state index in [1.54, 1.807) is 12.1 Å². The molecule has 5 nitrogen and oxygen atoms in total. The van der Waals surface area contributed by atoms with Crippen molar-refractivity contribution >= 4 is 11.6 Å². The Kier molecular flexibility index (Phi) is 6.02. The lowest BCUT2D eigenvalue weighted by Gasteiger charge is -2.08. The van der Waals surface area contributed by atoms with Crippen LogP contribution in [0.3, 0.4) is 0 Å². The molecule has 0 aliphatic heterocycles. The number of rotatable bonds is 8. The highest BCUT2D eigenvalue weighted by molar-refractivity contribution is 6.30. The normalized spacial score (nSPS) is 10.8. The molecule has 0 spiro atoms. The summed E-state index contributed by atoms with van der Waals surface area (Å²) in [6.07, 6.45) is 2.70. The minimum atomic E-state index is -0.0589. The smallest absolute Gasteiger partial charge is 0.119 e. The number of aliphatic hydroxyl groups is 1. The van der Waals surface area contributed by atoms with Crippen LogP contribution in [0, 0.1) is 0 Å². The van der Waals surface area contributed by atoms with Gasteiger partial charge in [-0.05, 0) is 30.7 Å². The molecule has 114 valence electrons. The Morgan fingerprint density at radius 1 is 1.29 bits per heavy atom. The van der Waals surface area contributed by atoms with Gasteiger partial charge in [0.1, 0.15) is 11.4 Å². The number of hydrogen-bond donors (Lipinski definition) is 1. The molecule has 2 aromatic rings. The summed E-state index contributed by atoms with van der Waals surface area (Å²) < 4.78 is 7.51. The molecule has 21 heavy (non-hydrogen) atoms. The van der Waals surface area contributed by atoms with Crippen LogP contribution in [0.2, 0.25) is 5.02 Å². The first-order valence-electron chi connectivity index (χ1n) is 7.15. The average molecular weight is 310 g/mol. The maximum Gasteiger partial charge on any atom is 0.119 e. The van der Waals surface area contributed by atoms with Crippen molar-refractivity contribution in [2.75, 3.05) is 6.61 Å². The molecule has 0 saturated carbocycles. The van der Waals surface area contributed by atoms with Gasteiger partial charge in [0.15, 0.2) is 0 Å². The molecular formula is C15H20ClN3O2. The van der Waals surface area contributed by atoms with Crippen LogP contribution >= 0.6 is 11.6 Å². The van der Waals surface area contributed by atoms with Gasteiger partial charge in [-0.15, -0.1) is 5.10 Å². The van der Waals surface area contributed by atoms with Crippen molar-refractivity contribution in [2.24, 2.45) is 0 Å². The van der Waals surface area contributed by atoms with Crippen LogP contribution in [-0.4, -0.2) is 26.7 Å². The summed E-state index contributed by atoms with van der Waals surface area (Å²) in [5, 5.41) is 18.1. The molecule has 0 aliphatic rings. The third kappa shape index (κ3) is 4.44. The van der Waals surface area contributed by atoms with Crippen molar-refractivity contribution in [1.82, 2.24) is 15.0 Å². The Labute approximate surface area is 129 Å². The van der Waals surface area contributed by atoms with Crippen molar-refractivity contribution < 1.29 is 9.84 Å². The number of nitrogens with zero attached hydrogens (tertiary/aromatic N) is 3. The summed E-state index contributed by atoms with van der Waals surface area (Å²) >= 11 is 5.82. The largest absolute Gasteiger partial charge is 0.494 e. The van der Waals surface area contributed by atoms with E-state index >= 15 is 0 Å². The number of benzene rings is 1. The summed E-state index contributed by atoms with van der Waals surface area (Å²) in [5.74, 6) is 0.808. The van der Waals surface area contributed by atoms with E-state index in [9.17, 15) is 5.11 Å². The number of aromatic nitrogens is 3. The van der Waals surface area contributed by atoms with Crippen LogP contribution in [0.1, 0.15) is 31.2 Å². The van der Waals surface area contributed by atoms with Gasteiger partial charge in [-0.1, -0.05) is 30.2 Å². The molecule has 0 bridgehead atoms. The van der Waals surface area contributed by atoms with Gasteiger partial charge in [0.2, 0.25) is 0 Å². The van der Waals surface area contributed by atoms with Gasteiger partial charge in [0, 0.05) is 18.0 Å². The van der Waals surface area contributed by atoms with Gasteiger partial charge in [-0.2, -0.15) is 0 Å². The van der Waals surface area contributed by atoms with Crippen molar-refractivity contribution in [3.63, 3.8) is 0 Å². The molecule has 1 aromatic heterocycles. The SMILES string of the molecule is CCCc1c(CO)nnn1CCCOc1ccc(Cl)cc1. The highest BCUT2D eigenvalue weighted by Crippen LogP contribution is 2.16. The van der Waals surface area contributed by atoms with Crippen LogP contribution in [-0.2, 0) is 19.6 Å². The van der Waals surface area contributed by atoms with E-state index in [1.807, 2.05) is 16.8 Å². The number of ether oxygens (including phenoxy) is 1. The first kappa shape index (κ1) is 15.8. The molecule has 0 radical (unpaired) electrons. The Balaban J connectivity index is 1.83. The lowest BCUT2D eigenvalue weighted by atomic mass is 10.2. The van der Waals surface area contributed by atoms with E-state index in [2.05, 4.69) is 17.2 Å². The molecule has 1 N–H and O–H groups in total. The molecule has 6 heteroatoms. The molecule has 0 saturated heterocycles. The van der Waals surface area contributed by atoms with Crippen LogP contribution in [0.25, 0.3) is 0 Å². The number of hydrogen-bond acceptors (Lipinski definition) is 4. The van der Waals surface area contributed by atoms with Crippen LogP contribution in [0.15, 0.2) is 24.3 Å². The predicted molar refractivity (Wildman–Crippen MR) is 81.5 cm³/mol. The van der Waals surface area contributed by atoms with Gasteiger partial charge < -0.3 is 9.84 Å². The molecule has 0 amide bonds. The summed E-state index contributed by atoms with van der Waals surface area (Å²) in [7, 11) is 0. The second kappa shape index (κ2) is 8.00. The molecule has 0 unspecified atom stereocenters. The van der Waals surface area contributed by atoms with Crippen molar-refractivity contribution in [1.29, 1.82) is 0 Å². The molecule has 0 fully saturated rings. The summed E-state index contributed by atoms with van der Waals surface area (Å²) in [4.78, 5) is 0. The second-order valence-electron chi connectivity index (χ2n) is 4.77. The van der Waals surface area contributed by atoms with Crippen LogP contribution < -0.4 is 4.74 Å². The van der Waals surface area contributed by atoms with Crippen LogP contribution in [0.5, 0.6) is 5.75 Å². The Hall–Kier alpha value is -1.59. The standard InChI is InChI=1S/C15H20ClN3O2/c1-2-4-15-14(11-20)17-18-19(15)9-3-10-21-13-7-5-12(16)6-8-13/h5-8,20H,2-4,9-11H2,1H3. The third-order valence-electron chi connectivity index (χ3n) is 3.15. The van der Waals surface area contributed by atoms with E-state index < -0.39 is 0 Å². The van der Waals surface area contributed by atoms with Crippen molar-refractivity contribution in [3.05, 3.63) is 40.7 Å². The maximum atomic E-state index is 9.25. The van der Waals surface area contributed by atoms with Gasteiger partial charge in [-0.25, -0.2) is 4.68 Å². The van der Waals surface area contributed by atoms with Gasteiger partial charge >= 0.3 is 0 Å². The third-order valence-corrected chi connectivity index (χ3v) is 3.40. The highest BCUT2D eigenvalue weighted by Gasteiger charge is 2.10. The first-order chi connectivity index (χ1) is 10.2. The zero-order valence-corrected chi connectivity index (χ0v) is 12.9. The number of halogens is 1. The van der Waals surface area contributed by atoms with Crippen molar-refractivity contribution in [3.8, 4) is 5.75 Å². The quantitative estimate of drug-likeness (QED) is 0.762. The zero-order chi connectivity index (χ0) is 15.1. The van der Waals surface area contributed by atoms with Gasteiger partial charge in [0.05, 0.1) is 18.9 Å². The molecule has 0 atom stereocenters. The fraction of sp³-hybridized carbons (Fsp3) is 0.467. The predicted octanol–water partition coefficient (Wildman–Crippen LogP) is 2.85. The summed E-state index contributed by atoms with van der Waals surface area (Å²) in [5.41, 5.74) is 1.70. The fourth-order valence-corrected chi connectivity index (χ4v) is 2.24. The monoisotopic (exact) mass is 309 g/mol. The Morgan fingerprint density at radius 3 is 2.71 bits per heavy atom. The minimum Gasteiger partial charge on any atom is -0.494 e. The molecule has 0 aliphatic carbocycles. The average Bonchev–Trinajstić information content (AvgIpc) is 2.88. The Bertz CT molecular complexity index is 555. The first-order valence-corrected chi connectivity index (χ1v) is 7.52. The summed E-state index contributed by atoms with van der Waals surface area (Å²) in [6.45, 7) is 3.37. The lowest BCUT2D eigenvalue weighted by molar-refractivity contribution is 0.275. The molecule has 1 heterocycles. The fourth-order valence-electron chi connectivity index (χ4n) is 2.12. The summed E-state index contributed by atoms with van der Waals surface area (Å²) in [6, 6.07) is 7.32. The lowest BCUT2D eigenvalue weighted by Crippen LogP contribution is -2.09.